The summed E-state index contributed by atoms with van der Waals surface area (Å²) in [6.07, 6.45) is 6.57. The average molecular weight is 458 g/mol. The minimum absolute atomic E-state index is 0.216. The zero-order valence-electron chi connectivity index (χ0n) is 21.0. The predicted molar refractivity (Wildman–Crippen MR) is 130 cm³/mol. The van der Waals surface area contributed by atoms with Crippen LogP contribution in [-0.4, -0.2) is 47.5 Å². The van der Waals surface area contributed by atoms with Crippen molar-refractivity contribution in [1.82, 2.24) is 15.5 Å². The molecule has 0 bridgehead atoms. The van der Waals surface area contributed by atoms with Gasteiger partial charge >= 0.3 is 6.09 Å². The SMILES string of the molecule is C#Cc1ccc(C(C(=O)NCCCC)N(CC)C(=O)C(NC(=O)OC(C)(C)C)C(C)C)cc1. The number of likely N-dealkylation sites (N-methyl/N-ethyl adjacent to an activating group) is 1. The molecule has 0 aromatic heterocycles. The van der Waals surface area contributed by atoms with Gasteiger partial charge in [0, 0.05) is 18.7 Å². The summed E-state index contributed by atoms with van der Waals surface area (Å²) in [5, 5.41) is 5.63. The summed E-state index contributed by atoms with van der Waals surface area (Å²) in [6, 6.07) is 5.32. The van der Waals surface area contributed by atoms with Gasteiger partial charge in [-0.15, -0.1) is 6.42 Å². The summed E-state index contributed by atoms with van der Waals surface area (Å²) < 4.78 is 5.35. The van der Waals surface area contributed by atoms with Crippen LogP contribution in [0.15, 0.2) is 24.3 Å². The van der Waals surface area contributed by atoms with Gasteiger partial charge in [0.2, 0.25) is 11.8 Å². The third kappa shape index (κ3) is 8.80. The molecule has 0 radical (unpaired) electrons. The minimum atomic E-state index is -0.854. The summed E-state index contributed by atoms with van der Waals surface area (Å²) in [5.74, 6) is 1.72. The molecule has 1 aromatic carbocycles. The van der Waals surface area contributed by atoms with Crippen molar-refractivity contribution in [3.63, 3.8) is 0 Å². The first-order chi connectivity index (χ1) is 15.4. The monoisotopic (exact) mass is 457 g/mol. The van der Waals surface area contributed by atoms with E-state index in [1.54, 1.807) is 45.0 Å². The van der Waals surface area contributed by atoms with Crippen molar-refractivity contribution in [3.8, 4) is 12.3 Å². The molecule has 0 aliphatic rings. The maximum absolute atomic E-state index is 13.6. The summed E-state index contributed by atoms with van der Waals surface area (Å²) >= 11 is 0. The summed E-state index contributed by atoms with van der Waals surface area (Å²) in [5.41, 5.74) is 0.641. The van der Waals surface area contributed by atoms with Crippen LogP contribution >= 0.6 is 0 Å². The van der Waals surface area contributed by atoms with Gasteiger partial charge in [-0.1, -0.05) is 45.2 Å². The third-order valence-corrected chi connectivity index (χ3v) is 5.01. The zero-order chi connectivity index (χ0) is 25.2. The molecule has 1 aromatic rings. The third-order valence-electron chi connectivity index (χ3n) is 5.01. The molecule has 7 nitrogen and oxygen atoms in total. The highest BCUT2D eigenvalue weighted by Gasteiger charge is 2.36. The van der Waals surface area contributed by atoms with Gasteiger partial charge < -0.3 is 20.3 Å². The number of rotatable bonds is 10. The Bertz CT molecular complexity index is 835. The van der Waals surface area contributed by atoms with Crippen LogP contribution in [0.3, 0.4) is 0 Å². The molecule has 0 heterocycles. The number of ether oxygens (including phenoxy) is 1. The van der Waals surface area contributed by atoms with Crippen LogP contribution in [0.2, 0.25) is 0 Å². The first-order valence-electron chi connectivity index (χ1n) is 11.6. The van der Waals surface area contributed by atoms with E-state index in [9.17, 15) is 14.4 Å². The van der Waals surface area contributed by atoms with Gasteiger partial charge in [0.15, 0.2) is 0 Å². The first kappa shape index (κ1) is 28.0. The fourth-order valence-corrected chi connectivity index (χ4v) is 3.31. The lowest BCUT2D eigenvalue weighted by molar-refractivity contribution is -0.143. The predicted octanol–water partition coefficient (Wildman–Crippen LogP) is 4.02. The Morgan fingerprint density at radius 3 is 2.18 bits per heavy atom. The van der Waals surface area contributed by atoms with E-state index in [0.29, 0.717) is 17.7 Å². The Kier molecular flexibility index (Phi) is 10.9. The highest BCUT2D eigenvalue weighted by atomic mass is 16.6. The van der Waals surface area contributed by atoms with Crippen molar-refractivity contribution in [3.05, 3.63) is 35.4 Å². The van der Waals surface area contributed by atoms with Gasteiger partial charge in [-0.3, -0.25) is 9.59 Å². The average Bonchev–Trinajstić information content (AvgIpc) is 2.74. The number of benzene rings is 1. The molecule has 182 valence electrons. The van der Waals surface area contributed by atoms with Gasteiger partial charge in [0.25, 0.3) is 0 Å². The summed E-state index contributed by atoms with van der Waals surface area (Å²) in [7, 11) is 0. The van der Waals surface area contributed by atoms with Crippen molar-refractivity contribution in [2.45, 2.75) is 79.0 Å². The van der Waals surface area contributed by atoms with E-state index >= 15 is 0 Å². The number of terminal acetylenes is 1. The standard InChI is InChI=1S/C26H39N3O4/c1-9-12-17-27-23(30)22(20-15-13-19(10-2)14-16-20)29(11-3)24(31)21(18(4)5)28-25(32)33-26(6,7)8/h2,13-16,18,21-22H,9,11-12,17H2,1,3-8H3,(H,27,30)(H,28,32). The molecule has 7 heteroatoms. The van der Waals surface area contributed by atoms with Crippen molar-refractivity contribution in [2.75, 3.05) is 13.1 Å². The zero-order valence-corrected chi connectivity index (χ0v) is 21.0. The molecule has 0 fully saturated rings. The lowest BCUT2D eigenvalue weighted by Crippen LogP contribution is -2.54. The second-order valence-corrected chi connectivity index (χ2v) is 9.31. The first-order valence-corrected chi connectivity index (χ1v) is 11.6. The molecule has 0 aliphatic heterocycles. The van der Waals surface area contributed by atoms with Crippen molar-refractivity contribution >= 4 is 17.9 Å². The second-order valence-electron chi connectivity index (χ2n) is 9.31. The van der Waals surface area contributed by atoms with Crippen molar-refractivity contribution < 1.29 is 19.1 Å². The number of hydrogen-bond donors (Lipinski definition) is 2. The Labute approximate surface area is 198 Å². The second kappa shape index (κ2) is 12.9. The molecule has 2 unspecified atom stereocenters. The van der Waals surface area contributed by atoms with E-state index in [0.717, 1.165) is 12.8 Å². The molecule has 2 N–H and O–H groups in total. The summed E-state index contributed by atoms with van der Waals surface area (Å²) in [6.45, 7) is 13.6. The Morgan fingerprint density at radius 2 is 1.73 bits per heavy atom. The molecule has 0 saturated heterocycles. The van der Waals surface area contributed by atoms with Gasteiger partial charge in [0.05, 0.1) is 0 Å². The maximum Gasteiger partial charge on any atom is 0.408 e. The topological polar surface area (TPSA) is 87.7 Å². The van der Waals surface area contributed by atoms with Gasteiger partial charge in [0.1, 0.15) is 17.7 Å². The molecule has 3 amide bonds. The van der Waals surface area contributed by atoms with Crippen LogP contribution in [0.5, 0.6) is 0 Å². The van der Waals surface area contributed by atoms with Crippen LogP contribution < -0.4 is 10.6 Å². The molecule has 33 heavy (non-hydrogen) atoms. The largest absolute Gasteiger partial charge is 0.444 e. The van der Waals surface area contributed by atoms with Crippen molar-refractivity contribution in [2.24, 2.45) is 5.92 Å². The van der Waals surface area contributed by atoms with E-state index in [1.807, 2.05) is 27.7 Å². The number of nitrogens with one attached hydrogen (secondary N) is 2. The molecule has 2 atom stereocenters. The normalized spacial score (nSPS) is 12.9. The van der Waals surface area contributed by atoms with Crippen LogP contribution in [0.4, 0.5) is 4.79 Å². The van der Waals surface area contributed by atoms with Crippen LogP contribution in [-0.2, 0) is 14.3 Å². The lowest BCUT2D eigenvalue weighted by Gasteiger charge is -2.35. The Hall–Kier alpha value is -3.01. The number of nitrogens with zero attached hydrogens (tertiary/aromatic N) is 1. The van der Waals surface area contributed by atoms with Crippen LogP contribution in [0, 0.1) is 18.3 Å². The number of alkyl carbamates (subject to hydrolysis) is 1. The fourth-order valence-electron chi connectivity index (χ4n) is 3.31. The van der Waals surface area contributed by atoms with E-state index in [1.165, 1.54) is 4.90 Å². The van der Waals surface area contributed by atoms with Crippen LogP contribution in [0.25, 0.3) is 0 Å². The highest BCUT2D eigenvalue weighted by Crippen LogP contribution is 2.24. The Balaban J connectivity index is 3.29. The molecular formula is C26H39N3O4. The van der Waals surface area contributed by atoms with E-state index in [4.69, 9.17) is 11.2 Å². The molecule has 0 spiro atoms. The minimum Gasteiger partial charge on any atom is -0.444 e. The fraction of sp³-hybridized carbons (Fsp3) is 0.577. The van der Waals surface area contributed by atoms with E-state index < -0.39 is 23.8 Å². The number of carbonyl (C=O) groups excluding carboxylic acids is 3. The number of hydrogen-bond acceptors (Lipinski definition) is 4. The van der Waals surface area contributed by atoms with Gasteiger partial charge in [-0.25, -0.2) is 4.79 Å². The number of amides is 3. The quantitative estimate of drug-likeness (QED) is 0.410. The summed E-state index contributed by atoms with van der Waals surface area (Å²) in [4.78, 5) is 40.8. The van der Waals surface area contributed by atoms with Gasteiger partial charge in [-0.2, -0.15) is 0 Å². The lowest BCUT2D eigenvalue weighted by atomic mass is 9.98. The Morgan fingerprint density at radius 1 is 1.12 bits per heavy atom. The van der Waals surface area contributed by atoms with Gasteiger partial charge in [-0.05, 0) is 57.7 Å². The number of unbranched alkanes of at least 4 members (excludes halogenated alkanes) is 1. The molecule has 0 aliphatic carbocycles. The van der Waals surface area contributed by atoms with E-state index in [2.05, 4.69) is 16.6 Å². The smallest absolute Gasteiger partial charge is 0.408 e. The van der Waals surface area contributed by atoms with E-state index in [-0.39, 0.29) is 24.3 Å². The van der Waals surface area contributed by atoms with Crippen molar-refractivity contribution in [1.29, 1.82) is 0 Å². The number of carbonyl (C=O) groups is 3. The maximum atomic E-state index is 13.6. The molecule has 0 saturated carbocycles. The molecule has 1 rings (SSSR count). The molecular weight excluding hydrogens is 418 g/mol. The van der Waals surface area contributed by atoms with Crippen LogP contribution in [0.1, 0.15) is 78.5 Å². The highest BCUT2D eigenvalue weighted by molar-refractivity contribution is 5.92.